The number of amides is 1. The van der Waals surface area contributed by atoms with Gasteiger partial charge in [0.05, 0.1) is 28.4 Å². The van der Waals surface area contributed by atoms with E-state index in [1.165, 1.54) is 16.2 Å². The van der Waals surface area contributed by atoms with Gasteiger partial charge < -0.3 is 9.84 Å². The number of aromatic nitrogens is 1. The van der Waals surface area contributed by atoms with Gasteiger partial charge >= 0.3 is 5.91 Å². The number of aryl methyl sites for hydroxylation is 2. The molecule has 1 unspecified atom stereocenters. The van der Waals surface area contributed by atoms with Crippen molar-refractivity contribution in [2.75, 3.05) is 11.5 Å². The predicted octanol–water partition coefficient (Wildman–Crippen LogP) is 7.37. The predicted molar refractivity (Wildman–Crippen MR) is 152 cm³/mol. The Morgan fingerprint density at radius 1 is 1.08 bits per heavy atom. The van der Waals surface area contributed by atoms with Crippen molar-refractivity contribution in [1.82, 2.24) is 4.98 Å². The summed E-state index contributed by atoms with van der Waals surface area (Å²) >= 11 is 7.45. The van der Waals surface area contributed by atoms with Crippen LogP contribution >= 0.6 is 22.9 Å². The lowest BCUT2D eigenvalue weighted by atomic mass is 9.93. The first-order valence-electron chi connectivity index (χ1n) is 12.5. The number of carbonyl (C=O) groups excluding carboxylic acids is 2. The molecule has 5 rings (SSSR count). The van der Waals surface area contributed by atoms with Gasteiger partial charge in [-0.15, -0.1) is 0 Å². The third-order valence-corrected chi connectivity index (χ3v) is 7.85. The fourth-order valence-electron chi connectivity index (χ4n) is 4.55. The standard InChI is InChI=1S/C30H27ClN2O4S/c1-4-5-14-37-21-11-8-19(9-12-21)26-25(27(34)22-15-17(2)6-7-18(22)3)28(35)29(36)33(26)30-32-23-13-10-20(31)16-24(23)38-30/h6-13,15-16,26,34H,4-5,14H2,1-3H3/b27-25+. The van der Waals surface area contributed by atoms with Gasteiger partial charge in [-0.25, -0.2) is 4.98 Å². The first-order valence-corrected chi connectivity index (χ1v) is 13.7. The number of halogens is 1. The summed E-state index contributed by atoms with van der Waals surface area (Å²) in [5.74, 6) is -1.00. The van der Waals surface area contributed by atoms with Gasteiger partial charge in [-0.3, -0.25) is 14.5 Å². The zero-order valence-corrected chi connectivity index (χ0v) is 22.9. The van der Waals surface area contributed by atoms with E-state index in [2.05, 4.69) is 11.9 Å². The number of aliphatic hydroxyl groups excluding tert-OH is 1. The molecule has 1 aliphatic heterocycles. The molecule has 4 aromatic rings. The molecule has 1 aromatic heterocycles. The minimum absolute atomic E-state index is 0.0284. The molecule has 8 heteroatoms. The van der Waals surface area contributed by atoms with E-state index in [1.807, 2.05) is 56.3 Å². The molecule has 2 heterocycles. The fourth-order valence-corrected chi connectivity index (χ4v) is 5.82. The highest BCUT2D eigenvalue weighted by atomic mass is 35.5. The minimum atomic E-state index is -0.865. The number of ether oxygens (including phenoxy) is 1. The van der Waals surface area contributed by atoms with Crippen LogP contribution in [0.5, 0.6) is 5.75 Å². The fraction of sp³-hybridized carbons (Fsp3) is 0.233. The van der Waals surface area contributed by atoms with Gasteiger partial charge in [0.25, 0.3) is 5.78 Å². The Balaban J connectivity index is 1.67. The van der Waals surface area contributed by atoms with Crippen LogP contribution in [-0.4, -0.2) is 28.4 Å². The number of thiazole rings is 1. The maximum atomic E-state index is 13.5. The Morgan fingerprint density at radius 2 is 1.84 bits per heavy atom. The second-order valence-corrected chi connectivity index (χ2v) is 10.8. The van der Waals surface area contributed by atoms with E-state index in [-0.39, 0.29) is 11.3 Å². The first kappa shape index (κ1) is 25.9. The van der Waals surface area contributed by atoms with Crippen molar-refractivity contribution >= 4 is 55.7 Å². The number of carbonyl (C=O) groups is 2. The molecule has 194 valence electrons. The molecule has 0 radical (unpaired) electrons. The van der Waals surface area contributed by atoms with Crippen molar-refractivity contribution in [2.24, 2.45) is 0 Å². The van der Waals surface area contributed by atoms with Gasteiger partial charge in [-0.05, 0) is 67.8 Å². The average molecular weight is 547 g/mol. The number of nitrogens with zero attached hydrogens (tertiary/aromatic N) is 2. The van der Waals surface area contributed by atoms with Crippen molar-refractivity contribution in [1.29, 1.82) is 0 Å². The van der Waals surface area contributed by atoms with Crippen LogP contribution in [0.15, 0.2) is 66.2 Å². The monoisotopic (exact) mass is 546 g/mol. The number of Topliss-reactive ketones (excluding diaryl/α,β-unsaturated/α-hetero) is 1. The summed E-state index contributed by atoms with van der Waals surface area (Å²) in [6, 6.07) is 17.4. The van der Waals surface area contributed by atoms with E-state index in [1.54, 1.807) is 18.2 Å². The van der Waals surface area contributed by atoms with Gasteiger partial charge in [0.1, 0.15) is 11.5 Å². The van der Waals surface area contributed by atoms with Crippen LogP contribution in [0.3, 0.4) is 0 Å². The smallest absolute Gasteiger partial charge is 0.301 e. The molecule has 1 saturated heterocycles. The normalized spacial score (nSPS) is 16.9. The van der Waals surface area contributed by atoms with Gasteiger partial charge in [0.2, 0.25) is 0 Å². The SMILES string of the molecule is CCCCOc1ccc(C2/C(=C(\O)c3cc(C)ccc3C)C(=O)C(=O)N2c2nc3ccc(Cl)cc3s2)cc1. The van der Waals surface area contributed by atoms with Crippen LogP contribution in [0.2, 0.25) is 5.02 Å². The molecule has 0 spiro atoms. The maximum Gasteiger partial charge on any atom is 0.301 e. The van der Waals surface area contributed by atoms with E-state index in [4.69, 9.17) is 16.3 Å². The van der Waals surface area contributed by atoms with Crippen LogP contribution in [0.25, 0.3) is 16.0 Å². The van der Waals surface area contributed by atoms with E-state index in [9.17, 15) is 14.7 Å². The van der Waals surface area contributed by atoms with Crippen molar-refractivity contribution < 1.29 is 19.4 Å². The van der Waals surface area contributed by atoms with Crippen molar-refractivity contribution in [3.63, 3.8) is 0 Å². The largest absolute Gasteiger partial charge is 0.507 e. The third kappa shape index (κ3) is 4.79. The maximum absolute atomic E-state index is 13.5. The van der Waals surface area contributed by atoms with Crippen LogP contribution in [0.4, 0.5) is 5.13 Å². The summed E-state index contributed by atoms with van der Waals surface area (Å²) < 4.78 is 6.60. The number of benzene rings is 3. The summed E-state index contributed by atoms with van der Waals surface area (Å²) in [6.45, 7) is 6.48. The van der Waals surface area contributed by atoms with Crippen molar-refractivity contribution in [2.45, 2.75) is 39.7 Å². The Bertz CT molecular complexity index is 1580. The molecule has 3 aromatic carbocycles. The molecule has 0 saturated carbocycles. The second kappa shape index (κ2) is 10.6. The summed E-state index contributed by atoms with van der Waals surface area (Å²) in [6.07, 6.45) is 1.97. The Morgan fingerprint density at radius 3 is 2.58 bits per heavy atom. The average Bonchev–Trinajstić information content (AvgIpc) is 3.43. The van der Waals surface area contributed by atoms with E-state index in [0.29, 0.717) is 39.2 Å². The summed E-state index contributed by atoms with van der Waals surface area (Å²) in [4.78, 5) is 33.1. The summed E-state index contributed by atoms with van der Waals surface area (Å²) in [5.41, 5.74) is 3.61. The molecule has 1 N–H and O–H groups in total. The molecule has 1 aliphatic rings. The lowest BCUT2D eigenvalue weighted by molar-refractivity contribution is -0.132. The summed E-state index contributed by atoms with van der Waals surface area (Å²) in [5, 5.41) is 12.4. The van der Waals surface area contributed by atoms with E-state index < -0.39 is 17.7 Å². The molecular weight excluding hydrogens is 520 g/mol. The van der Waals surface area contributed by atoms with Crippen LogP contribution in [-0.2, 0) is 9.59 Å². The van der Waals surface area contributed by atoms with Crippen LogP contribution < -0.4 is 9.64 Å². The highest BCUT2D eigenvalue weighted by Gasteiger charge is 2.48. The molecule has 1 amide bonds. The second-order valence-electron chi connectivity index (χ2n) is 9.37. The number of anilines is 1. The molecular formula is C30H27ClN2O4S. The zero-order chi connectivity index (χ0) is 27.0. The van der Waals surface area contributed by atoms with Crippen molar-refractivity contribution in [3.8, 4) is 5.75 Å². The number of aliphatic hydroxyl groups is 1. The number of hydrogen-bond acceptors (Lipinski definition) is 6. The number of unbranched alkanes of at least 4 members (excludes halogenated alkanes) is 1. The zero-order valence-electron chi connectivity index (χ0n) is 21.3. The van der Waals surface area contributed by atoms with Crippen molar-refractivity contribution in [3.05, 3.63) is 93.5 Å². The molecule has 6 nitrogen and oxygen atoms in total. The van der Waals surface area contributed by atoms with Gasteiger partial charge in [-0.2, -0.15) is 0 Å². The lowest BCUT2D eigenvalue weighted by Crippen LogP contribution is -2.29. The van der Waals surface area contributed by atoms with Gasteiger partial charge in [-0.1, -0.05) is 66.1 Å². The quantitative estimate of drug-likeness (QED) is 0.113. The highest BCUT2D eigenvalue weighted by Crippen LogP contribution is 2.45. The Hall–Kier alpha value is -3.68. The first-order chi connectivity index (χ1) is 18.3. The van der Waals surface area contributed by atoms with Gasteiger partial charge in [0.15, 0.2) is 5.13 Å². The Kier molecular flexibility index (Phi) is 7.23. The van der Waals surface area contributed by atoms with Gasteiger partial charge in [0, 0.05) is 10.6 Å². The topological polar surface area (TPSA) is 79.7 Å². The van der Waals surface area contributed by atoms with Crippen LogP contribution in [0.1, 0.15) is 48.1 Å². The molecule has 0 bridgehead atoms. The molecule has 1 atom stereocenters. The minimum Gasteiger partial charge on any atom is -0.507 e. The number of fused-ring (bicyclic) bond motifs is 1. The number of ketones is 1. The summed E-state index contributed by atoms with van der Waals surface area (Å²) in [7, 11) is 0. The number of hydrogen-bond donors (Lipinski definition) is 1. The lowest BCUT2D eigenvalue weighted by Gasteiger charge is -2.23. The third-order valence-electron chi connectivity index (χ3n) is 6.60. The van der Waals surface area contributed by atoms with Crippen LogP contribution in [0, 0.1) is 13.8 Å². The van der Waals surface area contributed by atoms with E-state index >= 15 is 0 Å². The van der Waals surface area contributed by atoms with E-state index in [0.717, 1.165) is 28.7 Å². The molecule has 1 fully saturated rings. The highest BCUT2D eigenvalue weighted by molar-refractivity contribution is 7.22. The number of rotatable bonds is 7. The molecule has 0 aliphatic carbocycles. The Labute approximate surface area is 230 Å². The molecule has 38 heavy (non-hydrogen) atoms.